The van der Waals surface area contributed by atoms with Crippen molar-refractivity contribution in [2.75, 3.05) is 4.90 Å². The van der Waals surface area contributed by atoms with E-state index in [2.05, 4.69) is 187 Å². The Morgan fingerprint density at radius 2 is 0.836 bits per heavy atom. The Labute approximate surface area is 317 Å². The molecule has 0 spiro atoms. The molecule has 0 fully saturated rings. The maximum Gasteiger partial charge on any atom is 0.143 e. The summed E-state index contributed by atoms with van der Waals surface area (Å²) in [6.45, 7) is 0. The summed E-state index contributed by atoms with van der Waals surface area (Å²) in [5.41, 5.74) is 13.8. The molecule has 11 aromatic rings. The molecular formula is C52H33NO2. The monoisotopic (exact) mass is 703 g/mol. The summed E-state index contributed by atoms with van der Waals surface area (Å²) in [5.74, 6) is 0. The molecule has 2 aromatic heterocycles. The van der Waals surface area contributed by atoms with Crippen molar-refractivity contribution in [2.24, 2.45) is 0 Å². The fourth-order valence-electron chi connectivity index (χ4n) is 8.20. The molecule has 2 heterocycles. The number of para-hydroxylation sites is 3. The second kappa shape index (κ2) is 12.6. The van der Waals surface area contributed by atoms with Gasteiger partial charge in [0.2, 0.25) is 0 Å². The zero-order valence-corrected chi connectivity index (χ0v) is 29.8. The summed E-state index contributed by atoms with van der Waals surface area (Å²) in [5, 5.41) is 6.69. The van der Waals surface area contributed by atoms with Crippen LogP contribution in [0.25, 0.3) is 88.0 Å². The number of hydrogen-bond acceptors (Lipinski definition) is 3. The van der Waals surface area contributed by atoms with E-state index < -0.39 is 0 Å². The van der Waals surface area contributed by atoms with Gasteiger partial charge in [0.15, 0.2) is 0 Å². The number of furan rings is 2. The normalized spacial score (nSPS) is 11.6. The van der Waals surface area contributed by atoms with Gasteiger partial charge in [0.1, 0.15) is 22.3 Å². The quantitative estimate of drug-likeness (QED) is 0.173. The molecule has 0 aliphatic heterocycles. The first-order chi connectivity index (χ1) is 27.3. The van der Waals surface area contributed by atoms with Crippen LogP contribution in [-0.4, -0.2) is 0 Å². The van der Waals surface area contributed by atoms with E-state index in [9.17, 15) is 0 Å². The van der Waals surface area contributed by atoms with Gasteiger partial charge in [-0.1, -0.05) is 152 Å². The number of nitrogens with zero attached hydrogens (tertiary/aromatic N) is 1. The fourth-order valence-corrected chi connectivity index (χ4v) is 8.20. The van der Waals surface area contributed by atoms with E-state index in [1.165, 1.54) is 16.7 Å². The molecule has 0 amide bonds. The van der Waals surface area contributed by atoms with Gasteiger partial charge in [-0.25, -0.2) is 0 Å². The average molecular weight is 704 g/mol. The Bertz CT molecular complexity index is 3180. The van der Waals surface area contributed by atoms with Crippen molar-refractivity contribution in [2.45, 2.75) is 0 Å². The molecule has 3 heteroatoms. The first-order valence-corrected chi connectivity index (χ1v) is 18.7. The minimum absolute atomic E-state index is 0.905. The Kier molecular flexibility index (Phi) is 7.17. The van der Waals surface area contributed by atoms with Crippen LogP contribution < -0.4 is 4.90 Å². The van der Waals surface area contributed by atoms with Crippen LogP contribution >= 0.6 is 0 Å². The smallest absolute Gasteiger partial charge is 0.143 e. The number of benzene rings is 9. The van der Waals surface area contributed by atoms with Crippen LogP contribution in [0.4, 0.5) is 17.1 Å². The highest BCUT2D eigenvalue weighted by atomic mass is 16.3. The Hall–Kier alpha value is -7.36. The first-order valence-electron chi connectivity index (χ1n) is 18.7. The first kappa shape index (κ1) is 31.2. The molecule has 0 saturated heterocycles. The lowest BCUT2D eigenvalue weighted by molar-refractivity contribution is 0.669. The predicted molar refractivity (Wildman–Crippen MR) is 229 cm³/mol. The molecule has 0 bridgehead atoms. The Morgan fingerprint density at radius 1 is 0.291 bits per heavy atom. The molecule has 0 saturated carbocycles. The molecule has 258 valence electrons. The van der Waals surface area contributed by atoms with Crippen molar-refractivity contribution >= 4 is 71.7 Å². The predicted octanol–water partition coefficient (Wildman–Crippen LogP) is 15.1. The lowest BCUT2D eigenvalue weighted by Crippen LogP contribution is -2.10. The highest BCUT2D eigenvalue weighted by Gasteiger charge is 2.21. The van der Waals surface area contributed by atoms with Crippen LogP contribution in [0.1, 0.15) is 0 Å². The zero-order chi connectivity index (χ0) is 36.3. The summed E-state index contributed by atoms with van der Waals surface area (Å²) in [7, 11) is 0. The maximum atomic E-state index is 6.81. The molecule has 11 rings (SSSR count). The van der Waals surface area contributed by atoms with Gasteiger partial charge >= 0.3 is 0 Å². The van der Waals surface area contributed by atoms with Crippen molar-refractivity contribution in [1.29, 1.82) is 0 Å². The minimum atomic E-state index is 0.905. The second-order valence-corrected chi connectivity index (χ2v) is 14.1. The van der Waals surface area contributed by atoms with E-state index in [0.29, 0.717) is 0 Å². The van der Waals surface area contributed by atoms with E-state index in [4.69, 9.17) is 8.83 Å². The topological polar surface area (TPSA) is 29.5 Å². The third kappa shape index (κ3) is 5.20. The number of hydrogen-bond donors (Lipinski definition) is 0. The van der Waals surface area contributed by atoms with E-state index in [-0.39, 0.29) is 0 Å². The van der Waals surface area contributed by atoms with Crippen LogP contribution in [0.15, 0.2) is 209 Å². The summed E-state index contributed by atoms with van der Waals surface area (Å²) >= 11 is 0. The summed E-state index contributed by atoms with van der Waals surface area (Å²) in [4.78, 5) is 2.37. The van der Waals surface area contributed by atoms with Gasteiger partial charge in [0.25, 0.3) is 0 Å². The van der Waals surface area contributed by atoms with Gasteiger partial charge in [-0.05, 0) is 76.3 Å². The minimum Gasteiger partial charge on any atom is -0.456 e. The van der Waals surface area contributed by atoms with Crippen molar-refractivity contribution in [1.82, 2.24) is 0 Å². The third-order valence-corrected chi connectivity index (χ3v) is 10.9. The van der Waals surface area contributed by atoms with Crippen LogP contribution in [0.2, 0.25) is 0 Å². The third-order valence-electron chi connectivity index (χ3n) is 10.9. The lowest BCUT2D eigenvalue weighted by atomic mass is 9.98. The fraction of sp³-hybridized carbons (Fsp3) is 0. The second-order valence-electron chi connectivity index (χ2n) is 14.1. The molecule has 0 N–H and O–H groups in total. The number of rotatable bonds is 6. The largest absolute Gasteiger partial charge is 0.456 e. The lowest BCUT2D eigenvalue weighted by Gasteiger charge is -2.27. The molecular weight excluding hydrogens is 671 g/mol. The number of anilines is 3. The van der Waals surface area contributed by atoms with Gasteiger partial charge in [0, 0.05) is 49.3 Å². The molecule has 3 nitrogen and oxygen atoms in total. The van der Waals surface area contributed by atoms with Gasteiger partial charge in [0.05, 0.1) is 5.69 Å². The summed E-state index contributed by atoms with van der Waals surface area (Å²) in [6.07, 6.45) is 0. The molecule has 55 heavy (non-hydrogen) atoms. The van der Waals surface area contributed by atoms with Gasteiger partial charge < -0.3 is 13.7 Å². The number of fused-ring (bicyclic) bond motifs is 8. The Morgan fingerprint density at radius 3 is 1.60 bits per heavy atom. The van der Waals surface area contributed by atoms with Crippen LogP contribution in [0.5, 0.6) is 0 Å². The van der Waals surface area contributed by atoms with Crippen LogP contribution in [0.3, 0.4) is 0 Å². The van der Waals surface area contributed by atoms with Crippen molar-refractivity contribution in [3.8, 4) is 33.4 Å². The van der Waals surface area contributed by atoms with Crippen LogP contribution in [0, 0.1) is 0 Å². The van der Waals surface area contributed by atoms with E-state index in [0.717, 1.165) is 88.4 Å². The van der Waals surface area contributed by atoms with E-state index >= 15 is 0 Å². The van der Waals surface area contributed by atoms with Gasteiger partial charge in [-0.15, -0.1) is 0 Å². The van der Waals surface area contributed by atoms with Crippen molar-refractivity contribution in [3.63, 3.8) is 0 Å². The molecule has 0 radical (unpaired) electrons. The van der Waals surface area contributed by atoms with Crippen LogP contribution in [-0.2, 0) is 0 Å². The Balaban J connectivity index is 0.999. The maximum absolute atomic E-state index is 6.81. The summed E-state index contributed by atoms with van der Waals surface area (Å²) < 4.78 is 12.9. The standard InChI is InChI=1S/C52H33NO2/c1-3-12-37(13-4-1)41-19-11-20-45-47-33-48(42-16-7-8-18-44(42)52(47)55-51(41)45)53(39-14-5-2-6-15-39)40-29-26-35(27-30-40)34-22-24-36(25-23-34)38-28-31-50-46(32-38)43-17-9-10-21-49(43)54-50/h1-33H. The van der Waals surface area contributed by atoms with Gasteiger partial charge in [-0.2, -0.15) is 0 Å². The van der Waals surface area contributed by atoms with E-state index in [1.807, 2.05) is 18.2 Å². The molecule has 0 aliphatic rings. The van der Waals surface area contributed by atoms with E-state index in [1.54, 1.807) is 0 Å². The van der Waals surface area contributed by atoms with Crippen molar-refractivity contribution in [3.05, 3.63) is 200 Å². The van der Waals surface area contributed by atoms with Crippen molar-refractivity contribution < 1.29 is 8.83 Å². The molecule has 9 aromatic carbocycles. The molecule has 0 unspecified atom stereocenters. The zero-order valence-electron chi connectivity index (χ0n) is 29.8. The molecule has 0 aliphatic carbocycles. The average Bonchev–Trinajstić information content (AvgIpc) is 3.83. The highest BCUT2D eigenvalue weighted by Crippen LogP contribution is 2.46. The summed E-state index contributed by atoms with van der Waals surface area (Å²) in [6, 6.07) is 70.9. The SMILES string of the molecule is c1ccc(-c2cccc3c2oc2c4ccccc4c(N(c4ccccc4)c4ccc(-c5ccc(-c6ccc7oc8ccccc8c7c6)cc5)cc4)cc32)cc1. The van der Waals surface area contributed by atoms with Gasteiger partial charge in [-0.3, -0.25) is 0 Å². The molecule has 0 atom stereocenters. The highest BCUT2D eigenvalue weighted by molar-refractivity contribution is 6.21.